The first-order valence-electron chi connectivity index (χ1n) is 9.88. The van der Waals surface area contributed by atoms with Gasteiger partial charge in [-0.05, 0) is 67.6 Å². The van der Waals surface area contributed by atoms with E-state index in [4.69, 9.17) is 9.15 Å². The van der Waals surface area contributed by atoms with Crippen molar-refractivity contribution in [1.82, 2.24) is 0 Å². The van der Waals surface area contributed by atoms with Crippen LogP contribution in [-0.2, 0) is 0 Å². The molecule has 1 N–H and O–H groups in total. The van der Waals surface area contributed by atoms with Crippen LogP contribution in [0.25, 0.3) is 11.0 Å². The summed E-state index contributed by atoms with van der Waals surface area (Å²) in [7, 11) is 0. The first-order valence-corrected chi connectivity index (χ1v) is 9.88. The molecule has 4 aromatic rings. The number of ether oxygens (including phenoxy) is 1. The van der Waals surface area contributed by atoms with Gasteiger partial charge in [0.2, 0.25) is 5.78 Å². The maximum Gasteiger partial charge on any atom is 0.230 e. The molecular formula is C25H20FNO4. The molecule has 0 aliphatic rings. The molecule has 156 valence electrons. The summed E-state index contributed by atoms with van der Waals surface area (Å²) in [6.07, 6.45) is 0. The summed E-state index contributed by atoms with van der Waals surface area (Å²) in [6, 6.07) is 19.4. The summed E-state index contributed by atoms with van der Waals surface area (Å²) in [4.78, 5) is 25.7. The zero-order chi connectivity index (χ0) is 21.8. The minimum atomic E-state index is -0.409. The fourth-order valence-electron chi connectivity index (χ4n) is 3.29. The van der Waals surface area contributed by atoms with Crippen LogP contribution in [0.3, 0.4) is 0 Å². The molecule has 0 aliphatic carbocycles. The van der Waals surface area contributed by atoms with Crippen LogP contribution in [0, 0.1) is 5.82 Å². The van der Waals surface area contributed by atoms with Crippen molar-refractivity contribution in [3.05, 3.63) is 95.5 Å². The van der Waals surface area contributed by atoms with Crippen LogP contribution in [0.15, 0.2) is 77.2 Å². The predicted octanol–water partition coefficient (Wildman–Crippen LogP) is 5.50. The van der Waals surface area contributed by atoms with E-state index in [0.717, 1.165) is 0 Å². The Bertz CT molecular complexity index is 1230. The number of fused-ring (bicyclic) bond motifs is 1. The Morgan fingerprint density at radius 1 is 0.935 bits per heavy atom. The predicted molar refractivity (Wildman–Crippen MR) is 116 cm³/mol. The van der Waals surface area contributed by atoms with E-state index in [1.54, 1.807) is 30.3 Å². The van der Waals surface area contributed by atoms with Crippen molar-refractivity contribution < 1.29 is 23.1 Å². The molecular weight excluding hydrogens is 397 g/mol. The van der Waals surface area contributed by atoms with E-state index in [2.05, 4.69) is 5.32 Å². The summed E-state index contributed by atoms with van der Waals surface area (Å²) in [5, 5.41) is 3.75. The average molecular weight is 417 g/mol. The molecule has 1 heterocycles. The van der Waals surface area contributed by atoms with Crippen LogP contribution in [0.5, 0.6) is 5.75 Å². The maximum atomic E-state index is 13.2. The van der Waals surface area contributed by atoms with E-state index in [9.17, 15) is 14.0 Å². The average Bonchev–Trinajstić information content (AvgIpc) is 3.17. The third kappa shape index (κ3) is 4.33. The SMILES string of the molecule is CCOc1ccc(C(=O)c2oc3ccccc3c2NCC(=O)c2ccc(F)cc2)cc1. The highest BCUT2D eigenvalue weighted by molar-refractivity contribution is 6.15. The molecule has 0 aliphatic heterocycles. The molecule has 0 spiro atoms. The van der Waals surface area contributed by atoms with Crippen LogP contribution in [-0.4, -0.2) is 24.7 Å². The minimum Gasteiger partial charge on any atom is -0.494 e. The van der Waals surface area contributed by atoms with E-state index < -0.39 is 5.82 Å². The lowest BCUT2D eigenvalue weighted by Gasteiger charge is -2.08. The number of halogens is 1. The van der Waals surface area contributed by atoms with E-state index in [1.807, 2.05) is 25.1 Å². The Hall–Kier alpha value is -3.93. The molecule has 0 radical (unpaired) electrons. The number of benzene rings is 3. The first kappa shape index (κ1) is 20.3. The van der Waals surface area contributed by atoms with Crippen LogP contribution < -0.4 is 10.1 Å². The quantitative estimate of drug-likeness (QED) is 0.384. The maximum absolute atomic E-state index is 13.2. The highest BCUT2D eigenvalue weighted by Gasteiger charge is 2.22. The normalized spacial score (nSPS) is 10.8. The Balaban J connectivity index is 1.63. The van der Waals surface area contributed by atoms with Crippen molar-refractivity contribution >= 4 is 28.2 Å². The summed E-state index contributed by atoms with van der Waals surface area (Å²) < 4.78 is 24.4. The summed E-state index contributed by atoms with van der Waals surface area (Å²) in [5.74, 6) is -0.154. The summed E-state index contributed by atoms with van der Waals surface area (Å²) >= 11 is 0. The second-order valence-electron chi connectivity index (χ2n) is 6.87. The van der Waals surface area contributed by atoms with Gasteiger partial charge in [-0.15, -0.1) is 0 Å². The number of Topliss-reactive ketones (excluding diaryl/α,β-unsaturated/α-hetero) is 1. The highest BCUT2D eigenvalue weighted by atomic mass is 19.1. The summed E-state index contributed by atoms with van der Waals surface area (Å²) in [6.45, 7) is 2.35. The number of para-hydroxylation sites is 1. The molecule has 0 saturated carbocycles. The molecule has 0 amide bonds. The van der Waals surface area contributed by atoms with Gasteiger partial charge in [0.1, 0.15) is 17.1 Å². The second-order valence-corrected chi connectivity index (χ2v) is 6.87. The van der Waals surface area contributed by atoms with Crippen LogP contribution in [0.2, 0.25) is 0 Å². The smallest absolute Gasteiger partial charge is 0.230 e. The molecule has 3 aromatic carbocycles. The Morgan fingerprint density at radius 3 is 2.32 bits per heavy atom. The largest absolute Gasteiger partial charge is 0.494 e. The Morgan fingerprint density at radius 2 is 1.61 bits per heavy atom. The standard InChI is InChI=1S/C25H20FNO4/c1-2-30-19-13-9-17(10-14-19)24(29)25-23(20-5-3-4-6-22(20)31-25)27-15-21(28)16-7-11-18(26)12-8-16/h3-14,27H,2,15H2,1H3. The van der Waals surface area contributed by atoms with Crippen molar-refractivity contribution in [2.24, 2.45) is 0 Å². The topological polar surface area (TPSA) is 68.5 Å². The molecule has 0 unspecified atom stereocenters. The third-order valence-corrected chi connectivity index (χ3v) is 4.82. The van der Waals surface area contributed by atoms with E-state index >= 15 is 0 Å². The van der Waals surface area contributed by atoms with Crippen molar-refractivity contribution in [2.45, 2.75) is 6.92 Å². The van der Waals surface area contributed by atoms with Gasteiger partial charge < -0.3 is 14.5 Å². The first-order chi connectivity index (χ1) is 15.1. The molecule has 1 aromatic heterocycles. The van der Waals surface area contributed by atoms with E-state index in [0.29, 0.717) is 40.1 Å². The number of ketones is 2. The molecule has 6 heteroatoms. The highest BCUT2D eigenvalue weighted by Crippen LogP contribution is 2.32. The Kier molecular flexibility index (Phi) is 5.80. The molecule has 5 nitrogen and oxygen atoms in total. The van der Waals surface area contributed by atoms with Gasteiger partial charge in [-0.1, -0.05) is 12.1 Å². The summed E-state index contributed by atoms with van der Waals surface area (Å²) in [5.41, 5.74) is 1.80. The van der Waals surface area contributed by atoms with Crippen molar-refractivity contribution in [2.75, 3.05) is 18.5 Å². The zero-order valence-corrected chi connectivity index (χ0v) is 16.9. The number of anilines is 1. The van der Waals surface area contributed by atoms with Crippen molar-refractivity contribution in [1.29, 1.82) is 0 Å². The Labute approximate surface area is 178 Å². The van der Waals surface area contributed by atoms with Crippen molar-refractivity contribution in [3.8, 4) is 5.75 Å². The molecule has 0 fully saturated rings. The molecule has 0 bridgehead atoms. The number of carbonyl (C=O) groups is 2. The molecule has 4 rings (SSSR count). The molecule has 0 saturated heterocycles. The third-order valence-electron chi connectivity index (χ3n) is 4.82. The van der Waals surface area contributed by atoms with Crippen LogP contribution >= 0.6 is 0 Å². The number of furan rings is 1. The zero-order valence-electron chi connectivity index (χ0n) is 16.9. The number of carbonyl (C=O) groups excluding carboxylic acids is 2. The number of hydrogen-bond acceptors (Lipinski definition) is 5. The lowest BCUT2D eigenvalue weighted by Crippen LogP contribution is -2.15. The van der Waals surface area contributed by atoms with E-state index in [1.165, 1.54) is 24.3 Å². The van der Waals surface area contributed by atoms with Gasteiger partial charge >= 0.3 is 0 Å². The number of rotatable bonds is 8. The van der Waals surface area contributed by atoms with Crippen LogP contribution in [0.1, 0.15) is 33.4 Å². The van der Waals surface area contributed by atoms with Gasteiger partial charge in [-0.2, -0.15) is 0 Å². The van der Waals surface area contributed by atoms with Crippen LogP contribution in [0.4, 0.5) is 10.1 Å². The fourth-order valence-corrected chi connectivity index (χ4v) is 3.29. The van der Waals surface area contributed by atoms with Crippen molar-refractivity contribution in [3.63, 3.8) is 0 Å². The number of nitrogens with one attached hydrogen (secondary N) is 1. The van der Waals surface area contributed by atoms with Gasteiger partial charge in [0.15, 0.2) is 11.5 Å². The lowest BCUT2D eigenvalue weighted by molar-refractivity contribution is 0.0997. The molecule has 31 heavy (non-hydrogen) atoms. The van der Waals surface area contributed by atoms with Gasteiger partial charge in [0.25, 0.3) is 0 Å². The van der Waals surface area contributed by atoms with Gasteiger partial charge in [-0.3, -0.25) is 9.59 Å². The van der Waals surface area contributed by atoms with Gasteiger partial charge in [0, 0.05) is 16.5 Å². The van der Waals surface area contributed by atoms with Gasteiger partial charge in [0.05, 0.1) is 18.8 Å². The fraction of sp³-hybridized carbons (Fsp3) is 0.120. The monoisotopic (exact) mass is 417 g/mol. The molecule has 0 atom stereocenters. The van der Waals surface area contributed by atoms with E-state index in [-0.39, 0.29) is 23.9 Å². The minimum absolute atomic E-state index is 0.0707. The number of hydrogen-bond donors (Lipinski definition) is 1. The van der Waals surface area contributed by atoms with Gasteiger partial charge in [-0.25, -0.2) is 4.39 Å². The lowest BCUT2D eigenvalue weighted by atomic mass is 10.1. The second kappa shape index (κ2) is 8.83.